The average molecular weight is 825 g/mol. The molecule has 16 nitrogen and oxygen atoms in total. The number of rotatable bonds is 7. The van der Waals surface area contributed by atoms with Crippen molar-refractivity contribution in [3.63, 3.8) is 0 Å². The van der Waals surface area contributed by atoms with Gasteiger partial charge in [-0.2, -0.15) is 0 Å². The quantitative estimate of drug-likeness (QED) is 0.150. The highest BCUT2D eigenvalue weighted by Gasteiger charge is 2.75. The van der Waals surface area contributed by atoms with Crippen molar-refractivity contribution in [1.82, 2.24) is 0 Å². The van der Waals surface area contributed by atoms with Crippen LogP contribution in [0.15, 0.2) is 23.5 Å². The molecule has 5 fully saturated rings. The molecule has 0 spiro atoms. The smallest absolute Gasteiger partial charge is 0.229 e. The lowest BCUT2D eigenvalue weighted by Gasteiger charge is -2.64. The summed E-state index contributed by atoms with van der Waals surface area (Å²) < 4.78 is 30.3. The predicted octanol–water partition coefficient (Wildman–Crippen LogP) is -0.238. The number of ketones is 2. The molecule has 3 saturated heterocycles. The molecule has 4 aliphatic carbocycles. The average Bonchev–Trinajstić information content (AvgIpc) is 3.37. The Kier molecular flexibility index (Phi) is 10.9. The predicted molar refractivity (Wildman–Crippen MR) is 201 cm³/mol. The minimum Gasteiger partial charge on any atom is -0.459 e. The van der Waals surface area contributed by atoms with E-state index < -0.39 is 137 Å². The molecule has 0 bridgehead atoms. The molecule has 7 aliphatic rings. The molecule has 0 amide bonds. The Hall–Kier alpha value is -1.90. The highest BCUT2D eigenvalue weighted by atomic mass is 16.8. The Labute approximate surface area is 338 Å². The Balaban J connectivity index is 1.24. The van der Waals surface area contributed by atoms with E-state index in [0.717, 1.165) is 5.57 Å². The molecule has 16 heteroatoms. The zero-order chi connectivity index (χ0) is 43.0. The lowest BCUT2D eigenvalue weighted by Crippen LogP contribution is -2.65. The van der Waals surface area contributed by atoms with E-state index >= 15 is 4.79 Å². The van der Waals surface area contributed by atoms with Crippen LogP contribution in [0, 0.1) is 39.4 Å². The third-order valence-corrected chi connectivity index (χ3v) is 15.9. The van der Waals surface area contributed by atoms with Crippen molar-refractivity contribution in [2.45, 2.75) is 179 Å². The van der Waals surface area contributed by atoms with Crippen molar-refractivity contribution in [2.75, 3.05) is 6.61 Å². The van der Waals surface area contributed by atoms with Crippen molar-refractivity contribution >= 4 is 11.6 Å². The first-order chi connectivity index (χ1) is 26.7. The van der Waals surface area contributed by atoms with Crippen LogP contribution in [0.3, 0.4) is 0 Å². The maximum Gasteiger partial charge on any atom is 0.229 e. The summed E-state index contributed by atoms with van der Waals surface area (Å²) in [6.45, 7) is 15.0. The molecule has 3 heterocycles. The normalized spacial score (nSPS) is 52.1. The van der Waals surface area contributed by atoms with Gasteiger partial charge >= 0.3 is 0 Å². The van der Waals surface area contributed by atoms with Crippen LogP contribution in [-0.2, 0) is 33.3 Å². The van der Waals surface area contributed by atoms with Gasteiger partial charge in [-0.1, -0.05) is 32.4 Å². The van der Waals surface area contributed by atoms with Crippen molar-refractivity contribution in [1.29, 1.82) is 0 Å². The van der Waals surface area contributed by atoms with Gasteiger partial charge in [0.25, 0.3) is 0 Å². The molecule has 0 radical (unpaired) electrons. The fourth-order valence-electron chi connectivity index (χ4n) is 12.4. The van der Waals surface area contributed by atoms with Crippen molar-refractivity contribution in [3.8, 4) is 0 Å². The van der Waals surface area contributed by atoms with Crippen LogP contribution in [0.1, 0.15) is 88.0 Å². The van der Waals surface area contributed by atoms with Gasteiger partial charge in [-0.05, 0) is 77.2 Å². The molecule has 328 valence electrons. The monoisotopic (exact) mass is 824 g/mol. The summed E-state index contributed by atoms with van der Waals surface area (Å²) in [5.41, 5.74) is -5.70. The summed E-state index contributed by atoms with van der Waals surface area (Å²) in [6.07, 6.45) is -13.7. The Morgan fingerprint density at radius 2 is 1.53 bits per heavy atom. The van der Waals surface area contributed by atoms with E-state index in [4.69, 9.17) is 23.7 Å². The number of allylic oxidation sites excluding steroid dienone is 4. The third-order valence-electron chi connectivity index (χ3n) is 15.9. The van der Waals surface area contributed by atoms with Crippen LogP contribution < -0.4 is 0 Å². The van der Waals surface area contributed by atoms with Crippen LogP contribution in [0.4, 0.5) is 0 Å². The molecule has 58 heavy (non-hydrogen) atoms. The van der Waals surface area contributed by atoms with Gasteiger partial charge in [0.05, 0.1) is 41.5 Å². The minimum absolute atomic E-state index is 0.0590. The Morgan fingerprint density at radius 3 is 2.16 bits per heavy atom. The standard InChI is InChI=1S/C42H64O16/c1-17-26(45)28(47)30(49)35(54-17)58-31-29(48)27(46)23(16-43)57-36(31)56-20-12-19-18(37(2,3)33(20)50)10-11-24-39(6)13-21-32(40(39,7)15-25(44)42(19,24)9)41(8,53)14-22(55-21)34(51)38(4,5)52/h10,12,17,19,21-24,26-32,34-36,43,45-49,51-53H,11,13-16H2,1-9H3/t17-,19+,21+,22+,23+,24-,26-,27+,28+,29-,30+,31+,32-,34?,35-,36+,39-,40+,41-,42-/m0/s1. The second-order valence-corrected chi connectivity index (χ2v) is 20.3. The number of carbonyl (C=O) groups is 2. The van der Waals surface area contributed by atoms with Crippen LogP contribution >= 0.6 is 0 Å². The first kappa shape index (κ1) is 44.2. The zero-order valence-corrected chi connectivity index (χ0v) is 34.8. The second kappa shape index (κ2) is 14.3. The zero-order valence-electron chi connectivity index (χ0n) is 34.8. The summed E-state index contributed by atoms with van der Waals surface area (Å²) in [5.74, 6) is -2.16. The topological polar surface area (TPSA) is 262 Å². The third kappa shape index (κ3) is 6.34. The van der Waals surface area contributed by atoms with Crippen molar-refractivity contribution in [2.24, 2.45) is 39.4 Å². The van der Waals surface area contributed by atoms with Crippen LogP contribution in [-0.4, -0.2) is 155 Å². The van der Waals surface area contributed by atoms with E-state index in [1.165, 1.54) is 20.8 Å². The first-order valence-electron chi connectivity index (χ1n) is 20.6. The molecule has 0 aromatic heterocycles. The highest BCUT2D eigenvalue weighted by Crippen LogP contribution is 2.75. The Morgan fingerprint density at radius 1 is 0.879 bits per heavy atom. The van der Waals surface area contributed by atoms with E-state index in [2.05, 4.69) is 6.92 Å². The van der Waals surface area contributed by atoms with Gasteiger partial charge in [-0.15, -0.1) is 0 Å². The highest BCUT2D eigenvalue weighted by molar-refractivity contribution is 6.02. The molecule has 1 unspecified atom stereocenters. The first-order valence-corrected chi connectivity index (χ1v) is 20.6. The fraction of sp³-hybridized carbons (Fsp3) is 0.857. The van der Waals surface area contributed by atoms with Crippen molar-refractivity contribution < 1.29 is 79.2 Å². The van der Waals surface area contributed by atoms with E-state index in [-0.39, 0.29) is 30.3 Å². The molecule has 20 atom stereocenters. The van der Waals surface area contributed by atoms with E-state index in [1.54, 1.807) is 26.8 Å². The number of ether oxygens (including phenoxy) is 5. The van der Waals surface area contributed by atoms with Crippen molar-refractivity contribution in [3.05, 3.63) is 23.5 Å². The van der Waals surface area contributed by atoms with Gasteiger partial charge in [-0.25, -0.2) is 0 Å². The molecular weight excluding hydrogens is 760 g/mol. The van der Waals surface area contributed by atoms with Gasteiger partial charge in [0, 0.05) is 30.1 Å². The van der Waals surface area contributed by atoms with Gasteiger partial charge in [0.1, 0.15) is 48.5 Å². The number of fused-ring (bicyclic) bond motifs is 7. The van der Waals surface area contributed by atoms with Crippen LogP contribution in [0.2, 0.25) is 0 Å². The molecule has 0 aromatic rings. The van der Waals surface area contributed by atoms with Gasteiger partial charge < -0.3 is 69.6 Å². The maximum atomic E-state index is 15.0. The van der Waals surface area contributed by atoms with E-state index in [1.807, 2.05) is 19.9 Å². The van der Waals surface area contributed by atoms with Crippen LogP contribution in [0.25, 0.3) is 0 Å². The van der Waals surface area contributed by atoms with Gasteiger partial charge in [0.15, 0.2) is 18.2 Å². The van der Waals surface area contributed by atoms with Gasteiger partial charge in [-0.3, -0.25) is 9.59 Å². The summed E-state index contributed by atoms with van der Waals surface area (Å²) in [4.78, 5) is 29.4. The Bertz CT molecular complexity index is 1700. The molecule has 3 aliphatic heterocycles. The number of Topliss-reactive ketones (excluding diaryl/α,β-unsaturated/α-hetero) is 2. The number of carbonyl (C=O) groups excluding carboxylic acids is 2. The molecule has 0 aromatic carbocycles. The second-order valence-electron chi connectivity index (χ2n) is 20.3. The number of aliphatic hydroxyl groups excluding tert-OH is 7. The summed E-state index contributed by atoms with van der Waals surface area (Å²) in [6, 6.07) is 0. The number of hydrogen-bond acceptors (Lipinski definition) is 16. The molecule has 9 N–H and O–H groups in total. The fourth-order valence-corrected chi connectivity index (χ4v) is 12.4. The van der Waals surface area contributed by atoms with E-state index in [0.29, 0.717) is 12.8 Å². The number of aliphatic hydroxyl groups is 9. The molecule has 2 saturated carbocycles. The lowest BCUT2D eigenvalue weighted by molar-refractivity contribution is -0.360. The summed E-state index contributed by atoms with van der Waals surface area (Å²) in [5, 5.41) is 97.4. The molecular formula is C42H64O16. The molecule has 7 rings (SSSR count). The largest absolute Gasteiger partial charge is 0.459 e. The SMILES string of the molecule is C[C@@H]1O[C@@H](O[C@H]2[C@H](OC3=C[C@@H]4C(=CC[C@@H]5[C@@]4(C)C(=O)C[C@]4(C)[C@@H]6[C@@H](C[C@@]54C)O[C@@H](C(O)C(C)(C)O)C[C@]6(C)O)C(C)(C)C3=O)O[C@H](CO)[C@@H](O)[C@@H]2O)[C@H](O)[C@H](O)[C@H]1O. The van der Waals surface area contributed by atoms with Gasteiger partial charge in [0.2, 0.25) is 12.1 Å². The summed E-state index contributed by atoms with van der Waals surface area (Å²) in [7, 11) is 0. The minimum atomic E-state index is -1.81. The summed E-state index contributed by atoms with van der Waals surface area (Å²) >= 11 is 0. The maximum absolute atomic E-state index is 15.0. The van der Waals surface area contributed by atoms with Crippen LogP contribution in [0.5, 0.6) is 0 Å². The lowest BCUT2D eigenvalue weighted by atomic mass is 9.39. The number of hydrogen-bond donors (Lipinski definition) is 9. The van der Waals surface area contributed by atoms with E-state index in [9.17, 15) is 50.8 Å².